The van der Waals surface area contributed by atoms with E-state index in [0.717, 1.165) is 24.4 Å². The van der Waals surface area contributed by atoms with Crippen LogP contribution in [0.2, 0.25) is 0 Å². The molecule has 3 rings (SSSR count). The summed E-state index contributed by atoms with van der Waals surface area (Å²) in [5, 5.41) is 14.8. The van der Waals surface area contributed by atoms with Gasteiger partial charge in [-0.3, -0.25) is 0 Å². The molecule has 0 unspecified atom stereocenters. The lowest BCUT2D eigenvalue weighted by atomic mass is 9.99. The van der Waals surface area contributed by atoms with E-state index in [1.54, 1.807) is 0 Å². The van der Waals surface area contributed by atoms with E-state index in [1.165, 1.54) is 47.4 Å². The zero-order valence-corrected chi connectivity index (χ0v) is 18.5. The van der Waals surface area contributed by atoms with Crippen molar-refractivity contribution >= 4 is 17.4 Å². The number of unbranched alkanes of at least 4 members (excludes halogenated alkanes) is 2. The molecular weight excluding hydrogens is 378 g/mol. The topological polar surface area (TPSA) is 57.7 Å². The molecule has 1 N–H and O–H groups in total. The average Bonchev–Trinajstić information content (AvgIpc) is 3.29. The summed E-state index contributed by atoms with van der Waals surface area (Å²) in [4.78, 5) is 3.83. The average molecular weight is 410 g/mol. The Morgan fingerprint density at radius 3 is 2.24 bits per heavy atom. The van der Waals surface area contributed by atoms with Crippen LogP contribution in [0.1, 0.15) is 46.5 Å². The molecule has 0 aliphatic rings. The maximum absolute atomic E-state index is 4.24. The quantitative estimate of drug-likeness (QED) is 0.391. The molecule has 0 radical (unpaired) electrons. The fraction of sp³-hybridized carbons (Fsp3) is 0.435. The Bertz CT molecular complexity index is 856. The van der Waals surface area contributed by atoms with Gasteiger partial charge in [0.2, 0.25) is 5.82 Å². The first-order valence-electron chi connectivity index (χ1n) is 10.6. The van der Waals surface area contributed by atoms with E-state index in [0.29, 0.717) is 5.82 Å². The number of tetrazole rings is 1. The Morgan fingerprint density at radius 2 is 1.66 bits per heavy atom. The van der Waals surface area contributed by atoms with Crippen molar-refractivity contribution in [1.82, 2.24) is 20.6 Å². The zero-order valence-electron chi connectivity index (χ0n) is 17.7. The minimum atomic E-state index is 0.648. The van der Waals surface area contributed by atoms with Crippen molar-refractivity contribution in [3.05, 3.63) is 42.5 Å². The molecule has 0 bridgehead atoms. The largest absolute Gasteiger partial charge is 0.371 e. The predicted molar refractivity (Wildman–Crippen MR) is 123 cm³/mol. The molecular formula is C23H31N5S. The lowest BCUT2D eigenvalue weighted by Crippen LogP contribution is -2.26. The number of nitrogens with zero attached hydrogens (tertiary/aromatic N) is 4. The van der Waals surface area contributed by atoms with Crippen LogP contribution in [-0.4, -0.2) is 39.5 Å². The number of anilines is 1. The molecule has 0 saturated carbocycles. The van der Waals surface area contributed by atoms with E-state index < -0.39 is 0 Å². The number of H-pyrrole nitrogens is 1. The van der Waals surface area contributed by atoms with E-state index in [2.05, 4.69) is 88.8 Å². The van der Waals surface area contributed by atoms with Gasteiger partial charge in [-0.2, -0.15) is 5.21 Å². The van der Waals surface area contributed by atoms with Gasteiger partial charge in [0.1, 0.15) is 0 Å². The van der Waals surface area contributed by atoms with Crippen LogP contribution in [0.3, 0.4) is 0 Å². The number of benzene rings is 2. The molecule has 1 heterocycles. The summed E-state index contributed by atoms with van der Waals surface area (Å²) < 4.78 is 0. The van der Waals surface area contributed by atoms with E-state index in [-0.39, 0.29) is 0 Å². The van der Waals surface area contributed by atoms with E-state index in [9.17, 15) is 0 Å². The lowest BCUT2D eigenvalue weighted by Gasteiger charge is -2.29. The molecule has 3 aromatic rings. The molecule has 0 fully saturated rings. The van der Waals surface area contributed by atoms with Gasteiger partial charge in [0.25, 0.3) is 0 Å². The van der Waals surface area contributed by atoms with Crippen LogP contribution in [0.15, 0.2) is 47.4 Å². The smallest absolute Gasteiger partial charge is 0.204 e. The molecule has 0 aliphatic heterocycles. The summed E-state index contributed by atoms with van der Waals surface area (Å²) >= 11 is 1.87. The van der Waals surface area contributed by atoms with Gasteiger partial charge in [-0.05, 0) is 41.5 Å². The second-order valence-electron chi connectivity index (χ2n) is 7.10. The summed E-state index contributed by atoms with van der Waals surface area (Å²) in [5.41, 5.74) is 4.87. The molecule has 0 aliphatic carbocycles. The summed E-state index contributed by atoms with van der Waals surface area (Å²) in [6.45, 7) is 8.82. The minimum absolute atomic E-state index is 0.648. The van der Waals surface area contributed by atoms with Crippen molar-refractivity contribution in [3.8, 4) is 22.5 Å². The van der Waals surface area contributed by atoms with Crippen molar-refractivity contribution in [2.75, 3.05) is 23.7 Å². The maximum atomic E-state index is 4.24. The van der Waals surface area contributed by atoms with Gasteiger partial charge in [0, 0.05) is 34.8 Å². The standard InChI is InChI=1S/C23H31N5S/c1-4-7-14-28(15-8-5-2)20-16-19(23-24-26-27-25-23)17-21(29-6-3)22(20)18-12-10-9-11-13-18/h9-13,16-17H,4-8,14-15H2,1-3H3,(H,24,25,26,27). The molecule has 1 aromatic heterocycles. The molecule has 0 atom stereocenters. The molecule has 5 nitrogen and oxygen atoms in total. The Hall–Kier alpha value is -2.34. The fourth-order valence-electron chi connectivity index (χ4n) is 3.48. The number of nitrogens with one attached hydrogen (secondary N) is 1. The predicted octanol–water partition coefficient (Wildman–Crippen LogP) is 6.05. The Morgan fingerprint density at radius 1 is 0.931 bits per heavy atom. The molecule has 29 heavy (non-hydrogen) atoms. The molecule has 154 valence electrons. The van der Waals surface area contributed by atoms with Crippen LogP contribution in [0.4, 0.5) is 5.69 Å². The Balaban J connectivity index is 2.19. The van der Waals surface area contributed by atoms with E-state index in [4.69, 9.17) is 0 Å². The number of rotatable bonds is 11. The summed E-state index contributed by atoms with van der Waals surface area (Å²) in [7, 11) is 0. The Labute approximate surface area is 178 Å². The van der Waals surface area contributed by atoms with Gasteiger partial charge in [0.05, 0.1) is 0 Å². The number of aromatic amines is 1. The van der Waals surface area contributed by atoms with Crippen molar-refractivity contribution in [1.29, 1.82) is 0 Å². The highest BCUT2D eigenvalue weighted by molar-refractivity contribution is 7.99. The van der Waals surface area contributed by atoms with Crippen molar-refractivity contribution in [2.24, 2.45) is 0 Å². The van der Waals surface area contributed by atoms with Gasteiger partial charge in [0.15, 0.2) is 0 Å². The van der Waals surface area contributed by atoms with Crippen LogP contribution >= 0.6 is 11.8 Å². The third-order valence-electron chi connectivity index (χ3n) is 4.95. The lowest BCUT2D eigenvalue weighted by molar-refractivity contribution is 0.678. The second-order valence-corrected chi connectivity index (χ2v) is 8.40. The highest BCUT2D eigenvalue weighted by Gasteiger charge is 2.19. The molecule has 2 aromatic carbocycles. The summed E-state index contributed by atoms with van der Waals surface area (Å²) in [6.07, 6.45) is 4.73. The normalized spacial score (nSPS) is 11.0. The molecule has 6 heteroatoms. The van der Waals surface area contributed by atoms with Crippen LogP contribution in [0.5, 0.6) is 0 Å². The third kappa shape index (κ3) is 5.38. The minimum Gasteiger partial charge on any atom is -0.371 e. The van der Waals surface area contributed by atoms with E-state index in [1.807, 2.05) is 11.8 Å². The molecule has 0 spiro atoms. The monoisotopic (exact) mass is 409 g/mol. The highest BCUT2D eigenvalue weighted by atomic mass is 32.2. The summed E-state index contributed by atoms with van der Waals surface area (Å²) in [5.74, 6) is 1.66. The number of aromatic nitrogens is 4. The SMILES string of the molecule is CCCCN(CCCC)c1cc(-c2nn[nH]n2)cc(SCC)c1-c1ccccc1. The van der Waals surface area contributed by atoms with Crippen molar-refractivity contribution < 1.29 is 0 Å². The fourth-order valence-corrected chi connectivity index (χ4v) is 4.37. The van der Waals surface area contributed by atoms with Gasteiger partial charge in [-0.1, -0.05) is 63.9 Å². The zero-order chi connectivity index (χ0) is 20.5. The van der Waals surface area contributed by atoms with Crippen LogP contribution in [0.25, 0.3) is 22.5 Å². The highest BCUT2D eigenvalue weighted by Crippen LogP contribution is 2.42. The van der Waals surface area contributed by atoms with Crippen molar-refractivity contribution in [3.63, 3.8) is 0 Å². The first-order valence-corrected chi connectivity index (χ1v) is 11.6. The first kappa shape index (κ1) is 21.4. The van der Waals surface area contributed by atoms with Gasteiger partial charge < -0.3 is 4.90 Å². The summed E-state index contributed by atoms with van der Waals surface area (Å²) in [6, 6.07) is 15.2. The number of thioether (sulfide) groups is 1. The van der Waals surface area contributed by atoms with Gasteiger partial charge in [-0.25, -0.2) is 0 Å². The molecule has 0 amide bonds. The van der Waals surface area contributed by atoms with Crippen LogP contribution < -0.4 is 4.90 Å². The Kier molecular flexibility index (Phi) is 8.11. The maximum Gasteiger partial charge on any atom is 0.204 e. The van der Waals surface area contributed by atoms with E-state index >= 15 is 0 Å². The number of hydrogen-bond donors (Lipinski definition) is 1. The first-order chi connectivity index (χ1) is 14.3. The third-order valence-corrected chi connectivity index (χ3v) is 5.87. The van der Waals surface area contributed by atoms with Gasteiger partial charge in [-0.15, -0.1) is 22.0 Å². The van der Waals surface area contributed by atoms with Gasteiger partial charge >= 0.3 is 0 Å². The number of hydrogen-bond acceptors (Lipinski definition) is 5. The van der Waals surface area contributed by atoms with Crippen molar-refractivity contribution in [2.45, 2.75) is 51.3 Å². The molecule has 0 saturated heterocycles. The van der Waals surface area contributed by atoms with Crippen LogP contribution in [0, 0.1) is 0 Å². The van der Waals surface area contributed by atoms with Crippen LogP contribution in [-0.2, 0) is 0 Å². The second kappa shape index (κ2) is 11.0.